The molecule has 0 saturated carbocycles. The van der Waals surface area contributed by atoms with Gasteiger partial charge in [-0.3, -0.25) is 19.3 Å². The number of nitrogens with zero attached hydrogens (tertiary/aromatic N) is 3. The minimum Gasteiger partial charge on any atom is -0.502 e. The average molecular weight is 522 g/mol. The maximum Gasteiger partial charge on any atom is 0.408 e. The van der Waals surface area contributed by atoms with E-state index in [4.69, 9.17) is 11.6 Å². The maximum atomic E-state index is 13.8. The van der Waals surface area contributed by atoms with Gasteiger partial charge in [-0.25, -0.2) is 0 Å². The highest BCUT2D eigenvalue weighted by Gasteiger charge is 2.47. The number of halogens is 4. The van der Waals surface area contributed by atoms with Crippen molar-refractivity contribution >= 4 is 29.3 Å². The van der Waals surface area contributed by atoms with Crippen LogP contribution in [0.5, 0.6) is 5.75 Å². The van der Waals surface area contributed by atoms with Crippen molar-refractivity contribution in [1.82, 2.24) is 9.58 Å². The summed E-state index contributed by atoms with van der Waals surface area (Å²) in [5.74, 6) is -1.35. The number of thioether (sulfide) groups is 1. The Hall–Kier alpha value is -3.11. The first kappa shape index (κ1) is 23.6. The van der Waals surface area contributed by atoms with Crippen LogP contribution >= 0.6 is 23.4 Å². The van der Waals surface area contributed by atoms with Crippen LogP contribution in [-0.2, 0) is 5.75 Å². The number of hydrogen-bond donors (Lipinski definition) is 1. The highest BCUT2D eigenvalue weighted by atomic mass is 35.5. The van der Waals surface area contributed by atoms with Crippen LogP contribution in [0.1, 0.15) is 40.1 Å². The number of rotatable bonds is 2. The lowest BCUT2D eigenvalue weighted by molar-refractivity contribution is -0.173. The monoisotopic (exact) mass is 521 g/mol. The summed E-state index contributed by atoms with van der Waals surface area (Å²) in [7, 11) is 0. The molecule has 0 radical (unpaired) electrons. The molecule has 35 heavy (non-hydrogen) atoms. The summed E-state index contributed by atoms with van der Waals surface area (Å²) in [6, 6.07) is 11.2. The molecule has 1 amide bonds. The van der Waals surface area contributed by atoms with Gasteiger partial charge in [-0.2, -0.15) is 13.2 Å². The third-order valence-electron chi connectivity index (χ3n) is 6.33. The molecule has 182 valence electrons. The minimum absolute atomic E-state index is 0.440. The molecular formula is C24H19ClF3N3O3S. The summed E-state index contributed by atoms with van der Waals surface area (Å²) < 4.78 is 42.6. The Morgan fingerprint density at radius 2 is 1.86 bits per heavy atom. The zero-order chi connectivity index (χ0) is 25.1. The van der Waals surface area contributed by atoms with E-state index in [0.29, 0.717) is 15.7 Å². The number of hydrogen-bond acceptors (Lipinski definition) is 5. The highest BCUT2D eigenvalue weighted by molar-refractivity contribution is 7.98. The second-order valence-electron chi connectivity index (χ2n) is 8.37. The van der Waals surface area contributed by atoms with Crippen molar-refractivity contribution in [1.29, 1.82) is 0 Å². The third kappa shape index (κ3) is 3.94. The normalized spacial score (nSPS) is 18.4. The first-order valence-electron chi connectivity index (χ1n) is 10.7. The topological polar surface area (TPSA) is 65.8 Å². The number of amides is 1. The highest BCUT2D eigenvalue weighted by Crippen LogP contribution is 2.44. The number of carbonyl (C=O) groups is 1. The molecule has 2 aliphatic heterocycles. The van der Waals surface area contributed by atoms with Gasteiger partial charge in [-0.1, -0.05) is 35.9 Å². The summed E-state index contributed by atoms with van der Waals surface area (Å²) >= 11 is 7.91. The quantitative estimate of drug-likeness (QED) is 0.519. The second-order valence-corrected chi connectivity index (χ2v) is 9.82. The Labute approximate surface area is 207 Å². The first-order chi connectivity index (χ1) is 16.6. The molecule has 0 aliphatic carbocycles. The number of pyridine rings is 1. The summed E-state index contributed by atoms with van der Waals surface area (Å²) in [6.07, 6.45) is -3.41. The third-order valence-corrected chi connectivity index (χ3v) is 7.70. The fraction of sp³-hybridized carbons (Fsp3) is 0.250. The molecule has 0 bridgehead atoms. The fourth-order valence-electron chi connectivity index (χ4n) is 4.48. The van der Waals surface area contributed by atoms with E-state index in [1.54, 1.807) is 28.9 Å². The predicted molar refractivity (Wildman–Crippen MR) is 126 cm³/mol. The molecule has 0 unspecified atom stereocenters. The second kappa shape index (κ2) is 8.53. The Morgan fingerprint density at radius 1 is 1.11 bits per heavy atom. The molecule has 0 saturated heterocycles. The van der Waals surface area contributed by atoms with Crippen molar-refractivity contribution < 1.29 is 23.1 Å². The van der Waals surface area contributed by atoms with Crippen molar-refractivity contribution in [3.63, 3.8) is 0 Å². The van der Waals surface area contributed by atoms with Gasteiger partial charge in [-0.15, -0.1) is 11.8 Å². The van der Waals surface area contributed by atoms with Gasteiger partial charge in [0.05, 0.1) is 6.04 Å². The summed E-state index contributed by atoms with van der Waals surface area (Å²) in [6.45, 7) is 0.440. The molecule has 1 aromatic heterocycles. The van der Waals surface area contributed by atoms with Gasteiger partial charge >= 0.3 is 6.18 Å². The van der Waals surface area contributed by atoms with Crippen LogP contribution in [-0.4, -0.2) is 39.5 Å². The Morgan fingerprint density at radius 3 is 2.60 bits per heavy atom. The van der Waals surface area contributed by atoms with Gasteiger partial charge in [0.25, 0.3) is 5.91 Å². The van der Waals surface area contributed by atoms with Crippen molar-refractivity contribution in [2.24, 2.45) is 0 Å². The van der Waals surface area contributed by atoms with Gasteiger partial charge in [0, 0.05) is 27.9 Å². The van der Waals surface area contributed by atoms with Crippen LogP contribution in [0.15, 0.2) is 64.4 Å². The van der Waals surface area contributed by atoms with Gasteiger partial charge in [0.15, 0.2) is 11.4 Å². The molecule has 5 rings (SSSR count). The summed E-state index contributed by atoms with van der Waals surface area (Å²) in [5, 5.41) is 12.5. The van der Waals surface area contributed by atoms with E-state index in [0.717, 1.165) is 34.6 Å². The largest absolute Gasteiger partial charge is 0.502 e. The molecule has 2 aliphatic rings. The molecule has 11 heteroatoms. The van der Waals surface area contributed by atoms with Gasteiger partial charge in [0.1, 0.15) is 12.7 Å². The lowest BCUT2D eigenvalue weighted by atomic mass is 9.94. The summed E-state index contributed by atoms with van der Waals surface area (Å²) in [4.78, 5) is 26.9. The molecule has 2 atom stereocenters. The van der Waals surface area contributed by atoms with E-state index in [1.807, 2.05) is 30.3 Å². The Kier molecular flexibility index (Phi) is 5.76. The van der Waals surface area contributed by atoms with Crippen LogP contribution in [0.25, 0.3) is 0 Å². The van der Waals surface area contributed by atoms with Crippen molar-refractivity contribution in [2.75, 3.05) is 11.7 Å². The molecule has 0 spiro atoms. The van der Waals surface area contributed by atoms with Crippen molar-refractivity contribution in [3.8, 4) is 5.75 Å². The smallest absolute Gasteiger partial charge is 0.408 e. The molecule has 0 fully saturated rings. The van der Waals surface area contributed by atoms with E-state index in [9.17, 15) is 27.9 Å². The fourth-order valence-corrected chi connectivity index (χ4v) is 5.73. The number of fused-ring (bicyclic) bond motifs is 3. The van der Waals surface area contributed by atoms with Gasteiger partial charge in [0.2, 0.25) is 5.43 Å². The van der Waals surface area contributed by atoms with Gasteiger partial charge < -0.3 is 10.0 Å². The molecule has 3 heterocycles. The van der Waals surface area contributed by atoms with E-state index >= 15 is 0 Å². The van der Waals surface area contributed by atoms with Crippen LogP contribution in [0, 0.1) is 0 Å². The molecular weight excluding hydrogens is 503 g/mol. The van der Waals surface area contributed by atoms with Gasteiger partial charge in [-0.05, 0) is 41.8 Å². The Bertz CT molecular complexity index is 1390. The van der Waals surface area contributed by atoms with Crippen LogP contribution in [0.2, 0.25) is 5.02 Å². The molecule has 3 aromatic rings. The predicted octanol–water partition coefficient (Wildman–Crippen LogP) is 4.90. The SMILES string of the molecule is C[C@@H](N1CN([C@H]2c3ccccc3CSc3ccc(Cl)cc32)n2ccc(=O)c(O)c2C1=O)C(F)(F)F. The lowest BCUT2D eigenvalue weighted by Crippen LogP contribution is -2.60. The minimum atomic E-state index is -4.72. The number of aromatic nitrogens is 1. The van der Waals surface area contributed by atoms with Crippen molar-refractivity contribution in [2.45, 2.75) is 35.8 Å². The standard InChI is InChI=1S/C24H19ClF3N3O3S/c1-13(24(26,27)28)29-12-31(30-9-8-18(32)22(33)21(30)23(29)34)20-16-5-3-2-4-14(16)11-35-19-7-6-15(25)10-17(19)20/h2-10,13,20,33H,11-12H2,1H3/t13-,20+/m1/s1. The zero-order valence-electron chi connectivity index (χ0n) is 18.3. The van der Waals surface area contributed by atoms with Crippen LogP contribution < -0.4 is 10.4 Å². The van der Waals surface area contributed by atoms with E-state index in [1.165, 1.54) is 10.9 Å². The number of carbonyl (C=O) groups excluding carboxylic acids is 1. The molecule has 6 nitrogen and oxygen atoms in total. The number of aromatic hydroxyl groups is 1. The van der Waals surface area contributed by atoms with E-state index < -0.39 is 47.7 Å². The van der Waals surface area contributed by atoms with Crippen LogP contribution in [0.3, 0.4) is 0 Å². The first-order valence-corrected chi connectivity index (χ1v) is 12.0. The van der Waals surface area contributed by atoms with Crippen molar-refractivity contribution in [3.05, 3.63) is 92.4 Å². The van der Waals surface area contributed by atoms with E-state index in [2.05, 4.69) is 0 Å². The van der Waals surface area contributed by atoms with Crippen LogP contribution in [0.4, 0.5) is 13.2 Å². The maximum absolute atomic E-state index is 13.8. The zero-order valence-corrected chi connectivity index (χ0v) is 19.9. The lowest BCUT2D eigenvalue weighted by Gasteiger charge is -2.46. The summed E-state index contributed by atoms with van der Waals surface area (Å²) in [5.41, 5.74) is 1.16. The molecule has 1 N–H and O–H groups in total. The molecule has 2 aromatic carbocycles. The van der Waals surface area contributed by atoms with E-state index in [-0.39, 0.29) is 0 Å². The average Bonchev–Trinajstić information content (AvgIpc) is 2.97. The Balaban J connectivity index is 1.79. The number of benzene rings is 2. The number of alkyl halides is 3.